The van der Waals surface area contributed by atoms with Crippen molar-refractivity contribution in [3.8, 4) is 0 Å². The summed E-state index contributed by atoms with van der Waals surface area (Å²) in [6.07, 6.45) is -9.41. The molecule has 0 bridgehead atoms. The van der Waals surface area contributed by atoms with Gasteiger partial charge in [0.2, 0.25) is 0 Å². The maximum absolute atomic E-state index is 12.5. The molecule has 96 valence electrons. The van der Waals surface area contributed by atoms with Gasteiger partial charge in [-0.1, -0.05) is 0 Å². The Hall–Kier alpha value is -0.180. The van der Waals surface area contributed by atoms with E-state index in [0.717, 1.165) is 0 Å². The highest BCUT2D eigenvalue weighted by Gasteiger charge is 2.38. The maximum atomic E-state index is 12.5. The lowest BCUT2D eigenvalue weighted by Gasteiger charge is -2.16. The standard InChI is InChI=1S/C9H4ClF6I/c10-3-4-1-6(9(14,15)16)7(17)2-5(4)8(11,12)13/h1-2H,3H2. The van der Waals surface area contributed by atoms with Crippen LogP contribution in [-0.2, 0) is 18.2 Å². The summed E-state index contributed by atoms with van der Waals surface area (Å²) in [5.41, 5.74) is -2.82. The minimum Gasteiger partial charge on any atom is -0.166 e. The molecule has 0 saturated heterocycles. The van der Waals surface area contributed by atoms with Gasteiger partial charge in [-0.15, -0.1) is 11.6 Å². The summed E-state index contributed by atoms with van der Waals surface area (Å²) in [6, 6.07) is 0.901. The van der Waals surface area contributed by atoms with Crippen molar-refractivity contribution >= 4 is 34.2 Å². The van der Waals surface area contributed by atoms with Gasteiger partial charge < -0.3 is 0 Å². The number of benzene rings is 1. The highest BCUT2D eigenvalue weighted by Crippen LogP contribution is 2.39. The van der Waals surface area contributed by atoms with E-state index >= 15 is 0 Å². The molecule has 0 aliphatic rings. The molecule has 8 heteroatoms. The average molecular weight is 388 g/mol. The first-order valence-corrected chi connectivity index (χ1v) is 5.71. The van der Waals surface area contributed by atoms with Crippen LogP contribution in [0, 0.1) is 3.57 Å². The first-order valence-electron chi connectivity index (χ1n) is 4.10. The van der Waals surface area contributed by atoms with Gasteiger partial charge in [-0.2, -0.15) is 26.3 Å². The third kappa shape index (κ3) is 3.40. The molecule has 1 aromatic rings. The zero-order valence-corrected chi connectivity index (χ0v) is 10.8. The number of hydrogen-bond donors (Lipinski definition) is 0. The minimum absolute atomic E-state index is 0.442. The number of halogens is 8. The van der Waals surface area contributed by atoms with E-state index in [0.29, 0.717) is 12.1 Å². The Bertz CT molecular complexity index is 423. The first-order chi connectivity index (χ1) is 7.57. The van der Waals surface area contributed by atoms with Crippen LogP contribution in [-0.4, -0.2) is 0 Å². The lowest BCUT2D eigenvalue weighted by atomic mass is 10.0. The van der Waals surface area contributed by atoms with Crippen LogP contribution in [0.2, 0.25) is 0 Å². The number of alkyl halides is 7. The third-order valence-corrected chi connectivity index (χ3v) is 3.13. The molecule has 0 aliphatic heterocycles. The third-order valence-electron chi connectivity index (χ3n) is 1.95. The molecule has 0 nitrogen and oxygen atoms in total. The van der Waals surface area contributed by atoms with Gasteiger partial charge in [0.25, 0.3) is 0 Å². The number of rotatable bonds is 1. The van der Waals surface area contributed by atoms with Gasteiger partial charge in [-0.3, -0.25) is 0 Å². The van der Waals surface area contributed by atoms with Crippen LogP contribution in [0.25, 0.3) is 0 Å². The van der Waals surface area contributed by atoms with Crippen LogP contribution in [0.3, 0.4) is 0 Å². The van der Waals surface area contributed by atoms with Crippen LogP contribution in [0.4, 0.5) is 26.3 Å². The van der Waals surface area contributed by atoms with Crippen molar-refractivity contribution in [2.75, 3.05) is 0 Å². The maximum Gasteiger partial charge on any atom is 0.417 e. The first kappa shape index (κ1) is 14.9. The summed E-state index contributed by atoms with van der Waals surface area (Å²) in [5, 5.41) is 0. The molecule has 0 aliphatic carbocycles. The van der Waals surface area contributed by atoms with Crippen molar-refractivity contribution in [1.82, 2.24) is 0 Å². The van der Waals surface area contributed by atoms with Crippen LogP contribution in [0.1, 0.15) is 16.7 Å². The summed E-state index contributed by atoms with van der Waals surface area (Å²) in [6.45, 7) is 0. The van der Waals surface area contributed by atoms with Crippen molar-refractivity contribution in [1.29, 1.82) is 0 Å². The molecule has 0 fully saturated rings. The molecule has 0 N–H and O–H groups in total. The molecule has 0 saturated carbocycles. The zero-order chi connectivity index (χ0) is 13.4. The van der Waals surface area contributed by atoms with Crippen LogP contribution in [0.15, 0.2) is 12.1 Å². The molecule has 0 unspecified atom stereocenters. The Kier molecular flexibility index (Phi) is 4.23. The summed E-state index contributed by atoms with van der Waals surface area (Å²) in [4.78, 5) is 0. The average Bonchev–Trinajstić information content (AvgIpc) is 2.14. The van der Waals surface area contributed by atoms with Crippen molar-refractivity contribution in [2.24, 2.45) is 0 Å². The summed E-state index contributed by atoms with van der Waals surface area (Å²) in [7, 11) is 0. The van der Waals surface area contributed by atoms with Gasteiger partial charge in [0.15, 0.2) is 0 Å². The Morgan fingerprint density at radius 2 is 1.41 bits per heavy atom. The minimum atomic E-state index is -4.71. The lowest BCUT2D eigenvalue weighted by molar-refractivity contribution is -0.142. The second kappa shape index (κ2) is 4.83. The Balaban J connectivity index is 3.46. The Labute approximate surface area is 111 Å². The van der Waals surface area contributed by atoms with E-state index in [4.69, 9.17) is 11.6 Å². The highest BCUT2D eigenvalue weighted by atomic mass is 127. The van der Waals surface area contributed by atoms with Gasteiger partial charge in [-0.05, 0) is 40.3 Å². The molecular weight excluding hydrogens is 384 g/mol. The predicted molar refractivity (Wildman–Crippen MR) is 58.7 cm³/mol. The molecule has 1 aromatic carbocycles. The molecule has 0 spiro atoms. The highest BCUT2D eigenvalue weighted by molar-refractivity contribution is 14.1. The van der Waals surface area contributed by atoms with Crippen LogP contribution < -0.4 is 0 Å². The fraction of sp³-hybridized carbons (Fsp3) is 0.333. The summed E-state index contributed by atoms with van der Waals surface area (Å²) in [5.74, 6) is -0.630. The van der Waals surface area contributed by atoms with Crippen LogP contribution >= 0.6 is 34.2 Å². The summed E-state index contributed by atoms with van der Waals surface area (Å²) >= 11 is 6.46. The molecular formula is C9H4ClF6I. The lowest BCUT2D eigenvalue weighted by Crippen LogP contribution is -2.14. The van der Waals surface area contributed by atoms with Gasteiger partial charge >= 0.3 is 12.4 Å². The van der Waals surface area contributed by atoms with Gasteiger partial charge in [0.1, 0.15) is 0 Å². The molecule has 17 heavy (non-hydrogen) atoms. The topological polar surface area (TPSA) is 0 Å². The monoisotopic (exact) mass is 388 g/mol. The van der Waals surface area contributed by atoms with Gasteiger partial charge in [0, 0.05) is 9.45 Å². The van der Waals surface area contributed by atoms with E-state index in [9.17, 15) is 26.3 Å². The fourth-order valence-corrected chi connectivity index (χ4v) is 2.20. The smallest absolute Gasteiger partial charge is 0.166 e. The summed E-state index contributed by atoms with van der Waals surface area (Å²) < 4.78 is 74.4. The van der Waals surface area contributed by atoms with Gasteiger partial charge in [0.05, 0.1) is 11.1 Å². The number of hydrogen-bond acceptors (Lipinski definition) is 0. The van der Waals surface area contributed by atoms with E-state index in [1.165, 1.54) is 22.6 Å². The van der Waals surface area contributed by atoms with E-state index in [-0.39, 0.29) is 0 Å². The predicted octanol–water partition coefficient (Wildman–Crippen LogP) is 5.07. The van der Waals surface area contributed by atoms with Crippen LogP contribution in [0.5, 0.6) is 0 Å². The van der Waals surface area contributed by atoms with Crippen molar-refractivity contribution in [3.05, 3.63) is 32.4 Å². The quantitative estimate of drug-likeness (QED) is 0.358. The molecule has 0 atom stereocenters. The molecule has 0 amide bonds. The zero-order valence-electron chi connectivity index (χ0n) is 7.89. The van der Waals surface area contributed by atoms with Gasteiger partial charge in [-0.25, -0.2) is 0 Å². The fourth-order valence-electron chi connectivity index (χ4n) is 1.21. The van der Waals surface area contributed by atoms with E-state index in [1.807, 2.05) is 0 Å². The molecule has 0 radical (unpaired) electrons. The van der Waals surface area contributed by atoms with E-state index < -0.39 is 38.5 Å². The van der Waals surface area contributed by atoms with E-state index in [1.54, 1.807) is 0 Å². The SMILES string of the molecule is FC(F)(F)c1cc(CCl)c(C(F)(F)F)cc1I. The van der Waals surface area contributed by atoms with E-state index in [2.05, 4.69) is 0 Å². The molecule has 1 rings (SSSR count). The Morgan fingerprint density at radius 1 is 0.941 bits per heavy atom. The van der Waals surface area contributed by atoms with Crippen molar-refractivity contribution in [2.45, 2.75) is 18.2 Å². The molecule has 0 aromatic heterocycles. The second-order valence-electron chi connectivity index (χ2n) is 3.12. The normalized spacial score (nSPS) is 12.9. The molecule has 0 heterocycles. The van der Waals surface area contributed by atoms with Crippen molar-refractivity contribution < 1.29 is 26.3 Å². The Morgan fingerprint density at radius 3 is 1.76 bits per heavy atom. The largest absolute Gasteiger partial charge is 0.417 e. The second-order valence-corrected chi connectivity index (χ2v) is 4.55. The van der Waals surface area contributed by atoms with Crippen molar-refractivity contribution in [3.63, 3.8) is 0 Å².